The normalized spacial score (nSPS) is 19.2. The van der Waals surface area contributed by atoms with Crippen molar-refractivity contribution in [2.45, 2.75) is 25.4 Å². The summed E-state index contributed by atoms with van der Waals surface area (Å²) >= 11 is 6.01. The molecule has 1 aromatic heterocycles. The molecule has 0 saturated carbocycles. The van der Waals surface area contributed by atoms with Gasteiger partial charge in [-0.1, -0.05) is 11.6 Å². The van der Waals surface area contributed by atoms with Gasteiger partial charge < -0.3 is 10.1 Å². The maximum absolute atomic E-state index is 6.01. The summed E-state index contributed by atoms with van der Waals surface area (Å²) in [5, 5.41) is 4.28. The van der Waals surface area contributed by atoms with Crippen LogP contribution in [-0.2, 0) is 11.3 Å². The molecule has 1 aliphatic rings. The predicted octanol–water partition coefficient (Wildman–Crippen LogP) is 1.94. The van der Waals surface area contributed by atoms with Crippen LogP contribution in [-0.4, -0.2) is 49.3 Å². The summed E-state index contributed by atoms with van der Waals surface area (Å²) in [5.41, 5.74) is 1.02. The van der Waals surface area contributed by atoms with E-state index in [1.165, 1.54) is 12.8 Å². The minimum absolute atomic E-state index is 0.594. The molecule has 2 heterocycles. The third-order valence-electron chi connectivity index (χ3n) is 3.42. The summed E-state index contributed by atoms with van der Waals surface area (Å²) in [6, 6.07) is 4.34. The molecule has 0 aliphatic carbocycles. The van der Waals surface area contributed by atoms with Crippen molar-refractivity contribution in [2.24, 2.45) is 0 Å². The zero-order valence-corrected chi connectivity index (χ0v) is 12.2. The Labute approximate surface area is 120 Å². The zero-order valence-electron chi connectivity index (χ0n) is 11.4. The average molecular weight is 284 g/mol. The van der Waals surface area contributed by atoms with Gasteiger partial charge in [0.15, 0.2) is 0 Å². The highest BCUT2D eigenvalue weighted by Gasteiger charge is 2.18. The summed E-state index contributed by atoms with van der Waals surface area (Å²) in [4.78, 5) is 6.75. The van der Waals surface area contributed by atoms with Gasteiger partial charge in [0.1, 0.15) is 0 Å². The molecule has 1 N–H and O–H groups in total. The fourth-order valence-corrected chi connectivity index (χ4v) is 2.63. The van der Waals surface area contributed by atoms with Crippen LogP contribution in [0.4, 0.5) is 0 Å². The maximum Gasteiger partial charge on any atom is 0.0589 e. The smallest absolute Gasteiger partial charge is 0.0589 e. The third-order valence-corrected chi connectivity index (χ3v) is 3.65. The number of nitrogens with one attached hydrogen (secondary N) is 1. The Morgan fingerprint density at radius 1 is 1.58 bits per heavy atom. The molecular weight excluding hydrogens is 262 g/mol. The molecular formula is C14H22ClN3O. The number of aromatic nitrogens is 1. The first kappa shape index (κ1) is 14.7. The molecule has 1 atom stereocenters. The van der Waals surface area contributed by atoms with Crippen molar-refractivity contribution in [1.82, 2.24) is 15.2 Å². The van der Waals surface area contributed by atoms with Crippen molar-refractivity contribution in [1.29, 1.82) is 0 Å². The highest BCUT2D eigenvalue weighted by Crippen LogP contribution is 2.12. The fraction of sp³-hybridized carbons (Fsp3) is 0.643. The number of methoxy groups -OCH3 is 1. The van der Waals surface area contributed by atoms with E-state index in [0.29, 0.717) is 6.04 Å². The van der Waals surface area contributed by atoms with Crippen LogP contribution in [0.3, 0.4) is 0 Å². The Hall–Kier alpha value is -0.680. The Bertz CT molecular complexity index is 383. The summed E-state index contributed by atoms with van der Waals surface area (Å²) in [6.45, 7) is 4.66. The number of hydrogen-bond donors (Lipinski definition) is 1. The zero-order chi connectivity index (χ0) is 13.5. The molecule has 1 aliphatic heterocycles. The first-order chi connectivity index (χ1) is 9.28. The van der Waals surface area contributed by atoms with Crippen LogP contribution in [0.5, 0.6) is 0 Å². The van der Waals surface area contributed by atoms with Gasteiger partial charge in [-0.3, -0.25) is 9.88 Å². The van der Waals surface area contributed by atoms with E-state index in [-0.39, 0.29) is 0 Å². The van der Waals surface area contributed by atoms with E-state index in [1.807, 2.05) is 12.1 Å². The molecule has 1 unspecified atom stereocenters. The van der Waals surface area contributed by atoms with Crippen molar-refractivity contribution in [3.05, 3.63) is 29.0 Å². The lowest BCUT2D eigenvalue weighted by Crippen LogP contribution is -2.38. The van der Waals surface area contributed by atoms with Gasteiger partial charge in [0.2, 0.25) is 0 Å². The first-order valence-corrected chi connectivity index (χ1v) is 7.21. The van der Waals surface area contributed by atoms with Crippen LogP contribution in [0.2, 0.25) is 5.02 Å². The van der Waals surface area contributed by atoms with Crippen LogP contribution in [0, 0.1) is 0 Å². The molecule has 0 radical (unpaired) electrons. The lowest BCUT2D eigenvalue weighted by Gasteiger charge is -2.25. The molecule has 1 aromatic rings. The van der Waals surface area contributed by atoms with Crippen LogP contribution in [0.1, 0.15) is 18.5 Å². The fourth-order valence-electron chi connectivity index (χ4n) is 2.44. The van der Waals surface area contributed by atoms with E-state index in [9.17, 15) is 0 Å². The second-order valence-electron chi connectivity index (χ2n) is 4.99. The number of hydrogen-bond acceptors (Lipinski definition) is 4. The summed E-state index contributed by atoms with van der Waals surface area (Å²) in [6.07, 6.45) is 4.30. The van der Waals surface area contributed by atoms with Gasteiger partial charge in [-0.05, 0) is 31.5 Å². The maximum atomic E-state index is 6.01. The Kier molecular flexibility index (Phi) is 6.04. The topological polar surface area (TPSA) is 37.4 Å². The Morgan fingerprint density at radius 2 is 2.47 bits per heavy atom. The summed E-state index contributed by atoms with van der Waals surface area (Å²) < 4.78 is 5.19. The number of rotatable bonds is 7. The van der Waals surface area contributed by atoms with E-state index >= 15 is 0 Å². The molecule has 0 aromatic carbocycles. The minimum Gasteiger partial charge on any atom is -0.383 e. The van der Waals surface area contributed by atoms with E-state index in [0.717, 1.165) is 43.5 Å². The number of halogens is 1. The van der Waals surface area contributed by atoms with Gasteiger partial charge in [-0.2, -0.15) is 0 Å². The molecule has 0 amide bonds. The minimum atomic E-state index is 0.594. The van der Waals surface area contributed by atoms with Crippen LogP contribution in [0.15, 0.2) is 18.3 Å². The van der Waals surface area contributed by atoms with Crippen molar-refractivity contribution in [3.8, 4) is 0 Å². The predicted molar refractivity (Wildman–Crippen MR) is 77.4 cm³/mol. The highest BCUT2D eigenvalue weighted by molar-refractivity contribution is 6.30. The van der Waals surface area contributed by atoms with Crippen LogP contribution >= 0.6 is 11.6 Å². The standard InChI is InChI=1S/C14H22ClN3O/c1-19-8-7-18(10-13-3-2-5-16-13)11-14-9-12(15)4-6-17-14/h4,6,9,13,16H,2-3,5,7-8,10-11H2,1H3. The molecule has 4 nitrogen and oxygen atoms in total. The number of nitrogens with zero attached hydrogens (tertiary/aromatic N) is 2. The van der Waals surface area contributed by atoms with Gasteiger partial charge in [-0.25, -0.2) is 0 Å². The largest absolute Gasteiger partial charge is 0.383 e. The molecule has 5 heteroatoms. The van der Waals surface area contributed by atoms with Gasteiger partial charge >= 0.3 is 0 Å². The van der Waals surface area contributed by atoms with E-state index < -0.39 is 0 Å². The molecule has 0 spiro atoms. The lowest BCUT2D eigenvalue weighted by molar-refractivity contribution is 0.137. The summed E-state index contributed by atoms with van der Waals surface area (Å²) in [5.74, 6) is 0. The van der Waals surface area contributed by atoms with E-state index in [4.69, 9.17) is 16.3 Å². The lowest BCUT2D eigenvalue weighted by atomic mass is 10.2. The molecule has 19 heavy (non-hydrogen) atoms. The number of ether oxygens (including phenoxy) is 1. The van der Waals surface area contributed by atoms with Gasteiger partial charge in [0.05, 0.1) is 12.3 Å². The quantitative estimate of drug-likeness (QED) is 0.830. The highest BCUT2D eigenvalue weighted by atomic mass is 35.5. The Morgan fingerprint density at radius 3 is 3.16 bits per heavy atom. The molecule has 1 saturated heterocycles. The van der Waals surface area contributed by atoms with E-state index in [1.54, 1.807) is 13.3 Å². The Balaban J connectivity index is 1.92. The second kappa shape index (κ2) is 7.80. The number of pyridine rings is 1. The third kappa shape index (κ3) is 5.07. The average Bonchev–Trinajstić information content (AvgIpc) is 2.89. The molecule has 1 fully saturated rings. The van der Waals surface area contributed by atoms with Crippen molar-refractivity contribution < 1.29 is 4.74 Å². The first-order valence-electron chi connectivity index (χ1n) is 6.83. The molecule has 0 bridgehead atoms. The van der Waals surface area contributed by atoms with Crippen molar-refractivity contribution in [2.75, 3.05) is 33.4 Å². The van der Waals surface area contributed by atoms with E-state index in [2.05, 4.69) is 15.2 Å². The van der Waals surface area contributed by atoms with Gasteiger partial charge in [0.25, 0.3) is 0 Å². The summed E-state index contributed by atoms with van der Waals surface area (Å²) in [7, 11) is 1.74. The van der Waals surface area contributed by atoms with Gasteiger partial charge in [0, 0.05) is 44.0 Å². The van der Waals surface area contributed by atoms with Crippen molar-refractivity contribution >= 4 is 11.6 Å². The molecule has 2 rings (SSSR count). The SMILES string of the molecule is COCCN(Cc1cc(Cl)ccn1)CC1CCCN1. The second-order valence-corrected chi connectivity index (χ2v) is 5.42. The van der Waals surface area contributed by atoms with Gasteiger partial charge in [-0.15, -0.1) is 0 Å². The molecule has 106 valence electrons. The van der Waals surface area contributed by atoms with Crippen molar-refractivity contribution in [3.63, 3.8) is 0 Å². The van der Waals surface area contributed by atoms with Crippen LogP contribution < -0.4 is 5.32 Å². The van der Waals surface area contributed by atoms with Crippen LogP contribution in [0.25, 0.3) is 0 Å². The monoisotopic (exact) mass is 283 g/mol.